The number of amides is 2. The fraction of sp³-hybridized carbons (Fsp3) is 0.667. The van der Waals surface area contributed by atoms with E-state index in [2.05, 4.69) is 26.6 Å². The van der Waals surface area contributed by atoms with Crippen LogP contribution in [0.15, 0.2) is 0 Å². The highest BCUT2D eigenvalue weighted by Gasteiger charge is 1.96. The van der Waals surface area contributed by atoms with E-state index in [0.29, 0.717) is 13.1 Å². The molecule has 0 atom stereocenters. The van der Waals surface area contributed by atoms with Crippen molar-refractivity contribution >= 4 is 24.6 Å². The summed E-state index contributed by atoms with van der Waals surface area (Å²) in [7, 11) is 0. The topological polar surface area (TPSA) is 146 Å². The van der Waals surface area contributed by atoms with Crippen molar-refractivity contribution in [3.05, 3.63) is 0 Å². The van der Waals surface area contributed by atoms with Crippen LogP contribution in [0.25, 0.3) is 0 Å². The SMILES string of the molecule is CCN(N)OC(N)=O.CCNOC(N)=O.Cl. The lowest BCUT2D eigenvalue weighted by Gasteiger charge is -2.09. The molecule has 0 spiro atoms. The Morgan fingerprint density at radius 2 is 1.75 bits per heavy atom. The first-order valence-electron chi connectivity index (χ1n) is 4.12. The Labute approximate surface area is 99.5 Å². The van der Waals surface area contributed by atoms with Gasteiger partial charge in [0, 0.05) is 13.1 Å². The van der Waals surface area contributed by atoms with E-state index in [1.807, 2.05) is 0 Å². The molecule has 0 fully saturated rings. The van der Waals surface area contributed by atoms with Gasteiger partial charge in [0.1, 0.15) is 0 Å². The molecule has 0 radical (unpaired) electrons. The van der Waals surface area contributed by atoms with Crippen molar-refractivity contribution in [2.75, 3.05) is 13.1 Å². The summed E-state index contributed by atoms with van der Waals surface area (Å²) >= 11 is 0. The largest absolute Gasteiger partial charge is 0.424 e. The molecule has 7 N–H and O–H groups in total. The molecule has 0 aliphatic heterocycles. The number of nitrogens with one attached hydrogen (secondary N) is 1. The Bertz CT molecular complexity index is 194. The third-order valence-corrected chi connectivity index (χ3v) is 0.836. The Balaban J connectivity index is -0.000000200. The Hall–Kier alpha value is -1.29. The molecule has 0 bridgehead atoms. The zero-order valence-corrected chi connectivity index (χ0v) is 9.95. The van der Waals surface area contributed by atoms with E-state index >= 15 is 0 Å². The number of primary amides is 2. The molecule has 2 amide bonds. The number of nitrogens with zero attached hydrogens (tertiary/aromatic N) is 1. The zero-order valence-electron chi connectivity index (χ0n) is 9.13. The van der Waals surface area contributed by atoms with E-state index in [4.69, 9.17) is 5.84 Å². The maximum atomic E-state index is 9.85. The van der Waals surface area contributed by atoms with Gasteiger partial charge in [-0.15, -0.1) is 12.4 Å². The van der Waals surface area contributed by atoms with Gasteiger partial charge in [0.05, 0.1) is 0 Å². The van der Waals surface area contributed by atoms with Crippen molar-refractivity contribution in [2.24, 2.45) is 17.3 Å². The second-order valence-electron chi connectivity index (χ2n) is 2.06. The zero-order chi connectivity index (χ0) is 12.3. The van der Waals surface area contributed by atoms with Gasteiger partial charge in [-0.3, -0.25) is 0 Å². The predicted molar refractivity (Wildman–Crippen MR) is 58.8 cm³/mol. The number of rotatable bonds is 4. The third-order valence-electron chi connectivity index (χ3n) is 0.836. The van der Waals surface area contributed by atoms with E-state index in [-0.39, 0.29) is 12.4 Å². The first-order chi connectivity index (χ1) is 6.93. The van der Waals surface area contributed by atoms with Gasteiger partial charge in [0.15, 0.2) is 0 Å². The van der Waals surface area contributed by atoms with Crippen LogP contribution in [0.1, 0.15) is 13.8 Å². The monoisotopic (exact) mass is 259 g/mol. The van der Waals surface area contributed by atoms with Crippen LogP contribution in [-0.4, -0.2) is 30.4 Å². The summed E-state index contributed by atoms with van der Waals surface area (Å²) in [4.78, 5) is 27.8. The van der Waals surface area contributed by atoms with Crippen molar-refractivity contribution in [1.29, 1.82) is 0 Å². The molecule has 0 heterocycles. The summed E-state index contributed by atoms with van der Waals surface area (Å²) in [6, 6.07) is 0. The van der Waals surface area contributed by atoms with E-state index in [9.17, 15) is 9.59 Å². The van der Waals surface area contributed by atoms with Gasteiger partial charge in [-0.2, -0.15) is 5.48 Å². The minimum atomic E-state index is -0.894. The molecule has 0 saturated carbocycles. The Kier molecular flexibility index (Phi) is 17.3. The maximum Gasteiger partial charge on any atom is 0.424 e. The molecule has 9 nitrogen and oxygen atoms in total. The average molecular weight is 260 g/mol. The fourth-order valence-corrected chi connectivity index (χ4v) is 0.323. The molecular weight excluding hydrogens is 242 g/mol. The number of carbonyl (C=O) groups is 2. The number of carbonyl (C=O) groups excluding carboxylic acids is 2. The molecular formula is C6H18ClN5O4. The van der Waals surface area contributed by atoms with Gasteiger partial charge >= 0.3 is 12.2 Å². The van der Waals surface area contributed by atoms with Gasteiger partial charge in [-0.1, -0.05) is 5.17 Å². The highest BCUT2D eigenvalue weighted by Crippen LogP contribution is 1.76. The van der Waals surface area contributed by atoms with Gasteiger partial charge in [-0.05, 0) is 13.8 Å². The van der Waals surface area contributed by atoms with Crippen LogP contribution < -0.4 is 22.8 Å². The fourth-order valence-electron chi connectivity index (χ4n) is 0.323. The van der Waals surface area contributed by atoms with E-state index in [1.54, 1.807) is 13.8 Å². The first kappa shape index (κ1) is 20.2. The second kappa shape index (κ2) is 13.7. The van der Waals surface area contributed by atoms with Crippen molar-refractivity contribution < 1.29 is 19.3 Å². The van der Waals surface area contributed by atoms with Crippen molar-refractivity contribution in [3.63, 3.8) is 0 Å². The van der Waals surface area contributed by atoms with E-state index in [1.165, 1.54) is 0 Å². The molecule has 16 heavy (non-hydrogen) atoms. The average Bonchev–Trinajstić information content (AvgIpc) is 2.14. The van der Waals surface area contributed by atoms with Crippen molar-refractivity contribution in [2.45, 2.75) is 13.8 Å². The molecule has 0 saturated heterocycles. The molecule has 0 aromatic heterocycles. The lowest BCUT2D eigenvalue weighted by atomic mass is 10.8. The second-order valence-corrected chi connectivity index (χ2v) is 2.06. The molecule has 98 valence electrons. The van der Waals surface area contributed by atoms with Gasteiger partial charge in [-0.25, -0.2) is 15.4 Å². The minimum Gasteiger partial charge on any atom is -0.354 e. The first-order valence-corrected chi connectivity index (χ1v) is 4.12. The van der Waals surface area contributed by atoms with Crippen LogP contribution in [0, 0.1) is 0 Å². The number of halogens is 1. The smallest absolute Gasteiger partial charge is 0.354 e. The third kappa shape index (κ3) is 23.0. The Morgan fingerprint density at radius 3 is 1.88 bits per heavy atom. The molecule has 10 heteroatoms. The summed E-state index contributed by atoms with van der Waals surface area (Å²) in [5, 5.41) is 0.850. The van der Waals surface area contributed by atoms with Crippen LogP contribution >= 0.6 is 12.4 Å². The lowest BCUT2D eigenvalue weighted by molar-refractivity contribution is -0.0941. The van der Waals surface area contributed by atoms with Gasteiger partial charge in [0.2, 0.25) is 0 Å². The normalized spacial score (nSPS) is 8.25. The predicted octanol–water partition coefficient (Wildman–Crippen LogP) is -0.780. The number of nitrogens with two attached hydrogens (primary N) is 3. The molecule has 0 aromatic rings. The highest BCUT2D eigenvalue weighted by atomic mass is 35.5. The molecule has 0 rings (SSSR count). The molecule has 0 aliphatic rings. The number of hydrogen-bond donors (Lipinski definition) is 4. The van der Waals surface area contributed by atoms with Crippen LogP contribution in [0.2, 0.25) is 0 Å². The van der Waals surface area contributed by atoms with Crippen molar-refractivity contribution in [1.82, 2.24) is 10.7 Å². The summed E-state index contributed by atoms with van der Waals surface area (Å²) in [6.07, 6.45) is -1.70. The lowest BCUT2D eigenvalue weighted by Crippen LogP contribution is -2.35. The van der Waals surface area contributed by atoms with E-state index in [0.717, 1.165) is 5.17 Å². The number of hydrogen-bond acceptors (Lipinski definition) is 7. The summed E-state index contributed by atoms with van der Waals surface area (Å²) in [6.45, 7) is 4.51. The summed E-state index contributed by atoms with van der Waals surface area (Å²) in [5.74, 6) is 4.98. The number of hydroxylamine groups is 2. The van der Waals surface area contributed by atoms with Crippen LogP contribution in [0.5, 0.6) is 0 Å². The highest BCUT2D eigenvalue weighted by molar-refractivity contribution is 5.85. The van der Waals surface area contributed by atoms with Gasteiger partial charge < -0.3 is 21.1 Å². The van der Waals surface area contributed by atoms with Gasteiger partial charge in [0.25, 0.3) is 0 Å². The number of hydrazine groups is 1. The maximum absolute atomic E-state index is 9.85. The summed E-state index contributed by atoms with van der Waals surface area (Å²) < 4.78 is 0. The van der Waals surface area contributed by atoms with Crippen LogP contribution in [-0.2, 0) is 9.68 Å². The van der Waals surface area contributed by atoms with Crippen molar-refractivity contribution in [3.8, 4) is 0 Å². The Morgan fingerprint density at radius 1 is 1.25 bits per heavy atom. The standard InChI is InChI=1S/C3H9N3O2.C3H8N2O2.ClH/c1-2-6(5)8-3(4)7;1-2-5-7-3(4)6;/h2,5H2,1H3,(H2,4,7);5H,2H2,1H3,(H2,4,6);1H. The molecule has 0 aliphatic carbocycles. The minimum absolute atomic E-state index is 0. The van der Waals surface area contributed by atoms with E-state index < -0.39 is 12.2 Å². The molecule has 0 aromatic carbocycles. The molecule has 0 unspecified atom stereocenters. The van der Waals surface area contributed by atoms with Crippen LogP contribution in [0.3, 0.4) is 0 Å². The summed E-state index contributed by atoms with van der Waals surface area (Å²) in [5.41, 5.74) is 11.4. The van der Waals surface area contributed by atoms with Crippen LogP contribution in [0.4, 0.5) is 9.59 Å². The quantitative estimate of drug-likeness (QED) is 0.382.